The topological polar surface area (TPSA) is 51.2 Å². The number of carbonyl (C=O) groups excluding carboxylic acids is 1. The van der Waals surface area contributed by atoms with Crippen LogP contribution in [0.25, 0.3) is 0 Å². The zero-order valence-electron chi connectivity index (χ0n) is 8.36. The molecule has 76 valence electrons. The van der Waals surface area contributed by atoms with Crippen LogP contribution in [0.1, 0.15) is 13.8 Å². The SMILES string of the molecule is CCOC(C)C(=O)Nc1ccccn1. The van der Waals surface area contributed by atoms with E-state index in [1.807, 2.05) is 13.0 Å². The monoisotopic (exact) mass is 194 g/mol. The molecular weight excluding hydrogens is 180 g/mol. The van der Waals surface area contributed by atoms with Crippen LogP contribution in [0, 0.1) is 0 Å². The quantitative estimate of drug-likeness (QED) is 0.789. The van der Waals surface area contributed by atoms with Gasteiger partial charge in [-0.25, -0.2) is 4.98 Å². The van der Waals surface area contributed by atoms with Crippen molar-refractivity contribution in [2.45, 2.75) is 20.0 Å². The Labute approximate surface area is 83.3 Å². The Hall–Kier alpha value is -1.42. The maximum Gasteiger partial charge on any atom is 0.254 e. The molecule has 0 saturated carbocycles. The normalized spacial score (nSPS) is 12.1. The number of hydrogen-bond donors (Lipinski definition) is 1. The van der Waals surface area contributed by atoms with Crippen LogP contribution in [0.2, 0.25) is 0 Å². The fourth-order valence-corrected chi connectivity index (χ4v) is 0.990. The third-order valence-electron chi connectivity index (χ3n) is 1.70. The third-order valence-corrected chi connectivity index (χ3v) is 1.70. The van der Waals surface area contributed by atoms with Crippen LogP contribution in [0.4, 0.5) is 5.82 Å². The van der Waals surface area contributed by atoms with Crippen molar-refractivity contribution in [2.24, 2.45) is 0 Å². The van der Waals surface area contributed by atoms with E-state index in [1.165, 1.54) is 0 Å². The maximum absolute atomic E-state index is 11.4. The summed E-state index contributed by atoms with van der Waals surface area (Å²) in [7, 11) is 0. The second kappa shape index (κ2) is 5.34. The molecule has 0 aliphatic rings. The lowest BCUT2D eigenvalue weighted by Gasteiger charge is -2.10. The van der Waals surface area contributed by atoms with Crippen LogP contribution in [0.15, 0.2) is 24.4 Å². The lowest BCUT2D eigenvalue weighted by Crippen LogP contribution is -2.27. The van der Waals surface area contributed by atoms with E-state index in [1.54, 1.807) is 25.3 Å². The summed E-state index contributed by atoms with van der Waals surface area (Å²) in [5.41, 5.74) is 0. The van der Waals surface area contributed by atoms with Crippen LogP contribution in [-0.4, -0.2) is 23.6 Å². The van der Waals surface area contributed by atoms with Gasteiger partial charge in [-0.05, 0) is 26.0 Å². The smallest absolute Gasteiger partial charge is 0.254 e. The van der Waals surface area contributed by atoms with Gasteiger partial charge in [0.25, 0.3) is 5.91 Å². The van der Waals surface area contributed by atoms with Crippen LogP contribution in [0.5, 0.6) is 0 Å². The Bertz CT molecular complexity index is 287. The van der Waals surface area contributed by atoms with Crippen molar-refractivity contribution in [2.75, 3.05) is 11.9 Å². The molecule has 14 heavy (non-hydrogen) atoms. The molecule has 4 heteroatoms. The molecule has 0 aliphatic heterocycles. The van der Waals surface area contributed by atoms with Crippen molar-refractivity contribution < 1.29 is 9.53 Å². The van der Waals surface area contributed by atoms with Crippen molar-refractivity contribution in [3.63, 3.8) is 0 Å². The molecule has 1 amide bonds. The average Bonchev–Trinajstić information content (AvgIpc) is 2.19. The van der Waals surface area contributed by atoms with Gasteiger partial charge in [0, 0.05) is 12.8 Å². The Morgan fingerprint density at radius 1 is 1.64 bits per heavy atom. The summed E-state index contributed by atoms with van der Waals surface area (Å²) < 4.78 is 5.14. The first kappa shape index (κ1) is 10.7. The van der Waals surface area contributed by atoms with Gasteiger partial charge in [-0.15, -0.1) is 0 Å². The highest BCUT2D eigenvalue weighted by atomic mass is 16.5. The lowest BCUT2D eigenvalue weighted by atomic mass is 10.3. The predicted molar refractivity (Wildman–Crippen MR) is 54.0 cm³/mol. The van der Waals surface area contributed by atoms with E-state index in [4.69, 9.17) is 4.74 Å². The van der Waals surface area contributed by atoms with E-state index in [2.05, 4.69) is 10.3 Å². The summed E-state index contributed by atoms with van der Waals surface area (Å²) in [6.45, 7) is 4.09. The molecule has 0 radical (unpaired) electrons. The first-order chi connectivity index (χ1) is 6.74. The zero-order valence-corrected chi connectivity index (χ0v) is 8.36. The summed E-state index contributed by atoms with van der Waals surface area (Å²) in [4.78, 5) is 15.4. The minimum atomic E-state index is -0.443. The molecule has 1 aromatic rings. The molecule has 1 aromatic heterocycles. The molecule has 1 N–H and O–H groups in total. The molecule has 0 bridgehead atoms. The van der Waals surface area contributed by atoms with E-state index in [9.17, 15) is 4.79 Å². The molecule has 0 fully saturated rings. The van der Waals surface area contributed by atoms with Gasteiger partial charge in [0.2, 0.25) is 0 Å². The molecule has 0 aromatic carbocycles. The molecule has 1 unspecified atom stereocenters. The van der Waals surface area contributed by atoms with Crippen molar-refractivity contribution >= 4 is 11.7 Å². The summed E-state index contributed by atoms with van der Waals surface area (Å²) in [6.07, 6.45) is 1.18. The highest BCUT2D eigenvalue weighted by molar-refractivity contribution is 5.92. The molecule has 1 rings (SSSR count). The van der Waals surface area contributed by atoms with E-state index in [-0.39, 0.29) is 5.91 Å². The van der Waals surface area contributed by atoms with Crippen molar-refractivity contribution in [1.29, 1.82) is 0 Å². The van der Waals surface area contributed by atoms with E-state index < -0.39 is 6.10 Å². The van der Waals surface area contributed by atoms with Crippen molar-refractivity contribution in [3.8, 4) is 0 Å². The first-order valence-electron chi connectivity index (χ1n) is 4.57. The molecule has 0 saturated heterocycles. The number of carbonyl (C=O) groups is 1. The van der Waals surface area contributed by atoms with Gasteiger partial charge in [0.15, 0.2) is 0 Å². The van der Waals surface area contributed by atoms with Crippen LogP contribution in [0.3, 0.4) is 0 Å². The molecule has 0 spiro atoms. The zero-order chi connectivity index (χ0) is 10.4. The van der Waals surface area contributed by atoms with E-state index in [0.29, 0.717) is 12.4 Å². The average molecular weight is 194 g/mol. The Morgan fingerprint density at radius 3 is 3.00 bits per heavy atom. The number of anilines is 1. The van der Waals surface area contributed by atoms with E-state index in [0.717, 1.165) is 0 Å². The predicted octanol–water partition coefficient (Wildman–Crippen LogP) is 1.45. The van der Waals surface area contributed by atoms with Crippen molar-refractivity contribution in [3.05, 3.63) is 24.4 Å². The summed E-state index contributed by atoms with van der Waals surface area (Å²) in [5, 5.41) is 2.65. The number of nitrogens with zero attached hydrogens (tertiary/aromatic N) is 1. The van der Waals surface area contributed by atoms with Gasteiger partial charge in [0.05, 0.1) is 0 Å². The summed E-state index contributed by atoms with van der Waals surface area (Å²) >= 11 is 0. The minimum absolute atomic E-state index is 0.175. The van der Waals surface area contributed by atoms with E-state index >= 15 is 0 Å². The van der Waals surface area contributed by atoms with Crippen molar-refractivity contribution in [1.82, 2.24) is 4.98 Å². The second-order valence-electron chi connectivity index (χ2n) is 2.80. The van der Waals surface area contributed by atoms with Gasteiger partial charge in [0.1, 0.15) is 11.9 Å². The van der Waals surface area contributed by atoms with Gasteiger partial charge in [-0.2, -0.15) is 0 Å². The molecule has 0 aliphatic carbocycles. The molecule has 1 heterocycles. The number of aromatic nitrogens is 1. The number of nitrogens with one attached hydrogen (secondary N) is 1. The fourth-order valence-electron chi connectivity index (χ4n) is 0.990. The largest absolute Gasteiger partial charge is 0.369 e. The van der Waals surface area contributed by atoms with Gasteiger partial charge in [-0.1, -0.05) is 6.07 Å². The van der Waals surface area contributed by atoms with Crippen LogP contribution < -0.4 is 5.32 Å². The standard InChI is InChI=1S/C10H14N2O2/c1-3-14-8(2)10(13)12-9-6-4-5-7-11-9/h4-8H,3H2,1-2H3,(H,11,12,13). The van der Waals surface area contributed by atoms with Crippen LogP contribution in [-0.2, 0) is 9.53 Å². The lowest BCUT2D eigenvalue weighted by molar-refractivity contribution is -0.126. The third kappa shape index (κ3) is 3.14. The molecule has 1 atom stereocenters. The number of hydrogen-bond acceptors (Lipinski definition) is 3. The summed E-state index contributed by atoms with van der Waals surface area (Å²) in [5.74, 6) is 0.370. The molecular formula is C10H14N2O2. The Balaban J connectivity index is 2.49. The maximum atomic E-state index is 11.4. The fraction of sp³-hybridized carbons (Fsp3) is 0.400. The number of amides is 1. The highest BCUT2D eigenvalue weighted by Gasteiger charge is 2.12. The van der Waals surface area contributed by atoms with Crippen LogP contribution >= 0.6 is 0 Å². The number of pyridine rings is 1. The Kier molecular flexibility index (Phi) is 4.07. The minimum Gasteiger partial charge on any atom is -0.369 e. The highest BCUT2D eigenvalue weighted by Crippen LogP contribution is 2.02. The first-order valence-corrected chi connectivity index (χ1v) is 4.57. The summed E-state index contributed by atoms with van der Waals surface area (Å²) in [6, 6.07) is 5.34. The van der Waals surface area contributed by atoms with Gasteiger partial charge in [-0.3, -0.25) is 4.79 Å². The number of ether oxygens (including phenoxy) is 1. The Morgan fingerprint density at radius 2 is 2.43 bits per heavy atom. The van der Waals surface area contributed by atoms with Gasteiger partial charge >= 0.3 is 0 Å². The second-order valence-corrected chi connectivity index (χ2v) is 2.80. The number of rotatable bonds is 4. The molecule has 4 nitrogen and oxygen atoms in total. The van der Waals surface area contributed by atoms with Gasteiger partial charge < -0.3 is 10.1 Å².